The minimum absolute atomic E-state index is 0.0313. The maximum absolute atomic E-state index is 10.3. The lowest BCUT2D eigenvalue weighted by Crippen LogP contribution is -1.99. The Hall–Kier alpha value is -0.820. The molecule has 0 amide bonds. The van der Waals surface area contributed by atoms with Gasteiger partial charge in [-0.3, -0.25) is 4.79 Å². The van der Waals surface area contributed by atoms with E-state index in [-0.39, 0.29) is 5.75 Å². The first-order valence-corrected chi connectivity index (χ1v) is 6.44. The van der Waals surface area contributed by atoms with Crippen molar-refractivity contribution in [1.82, 2.24) is 10.2 Å². The average molecular weight is 247 g/mol. The molecule has 0 unspecified atom stereocenters. The summed E-state index contributed by atoms with van der Waals surface area (Å²) in [6, 6.07) is 0. The van der Waals surface area contributed by atoms with Gasteiger partial charge in [0.1, 0.15) is 0 Å². The number of aliphatic carboxylic acids is 1. The number of nitrogens with zero attached hydrogens (tertiary/aromatic N) is 2. The summed E-state index contributed by atoms with van der Waals surface area (Å²) in [7, 11) is 0. The molecule has 0 aliphatic rings. The highest BCUT2D eigenvalue weighted by molar-refractivity contribution is 8.01. The van der Waals surface area contributed by atoms with Gasteiger partial charge in [-0.05, 0) is 6.42 Å². The predicted molar refractivity (Wildman–Crippen MR) is 61.7 cm³/mol. The number of carboxylic acids is 1. The number of thioether (sulfide) groups is 1. The van der Waals surface area contributed by atoms with Gasteiger partial charge in [0.25, 0.3) is 0 Å². The van der Waals surface area contributed by atoms with Crippen molar-refractivity contribution in [1.29, 1.82) is 0 Å². The van der Waals surface area contributed by atoms with Gasteiger partial charge < -0.3 is 10.4 Å². The van der Waals surface area contributed by atoms with Crippen LogP contribution in [0.4, 0.5) is 5.13 Å². The van der Waals surface area contributed by atoms with E-state index in [2.05, 4.69) is 22.4 Å². The van der Waals surface area contributed by atoms with Crippen molar-refractivity contribution < 1.29 is 9.90 Å². The molecule has 0 bridgehead atoms. The number of aromatic nitrogens is 2. The summed E-state index contributed by atoms with van der Waals surface area (Å²) in [5.41, 5.74) is 0. The monoisotopic (exact) mass is 247 g/mol. The molecule has 0 spiro atoms. The lowest BCUT2D eigenvalue weighted by Gasteiger charge is -1.97. The zero-order valence-electron chi connectivity index (χ0n) is 8.39. The fraction of sp³-hybridized carbons (Fsp3) is 0.625. The van der Waals surface area contributed by atoms with Crippen molar-refractivity contribution in [2.75, 3.05) is 17.6 Å². The summed E-state index contributed by atoms with van der Waals surface area (Å²) in [5.74, 6) is -0.806. The third kappa shape index (κ3) is 4.98. The second-order valence-corrected chi connectivity index (χ2v) is 5.04. The molecule has 0 saturated heterocycles. The van der Waals surface area contributed by atoms with E-state index in [4.69, 9.17) is 5.11 Å². The van der Waals surface area contributed by atoms with E-state index in [9.17, 15) is 4.79 Å². The Kier molecular flexibility index (Phi) is 5.41. The van der Waals surface area contributed by atoms with Gasteiger partial charge in [-0.25, -0.2) is 0 Å². The van der Waals surface area contributed by atoms with Gasteiger partial charge in [0.05, 0.1) is 5.75 Å². The molecule has 84 valence electrons. The van der Waals surface area contributed by atoms with Crippen LogP contribution in [0.15, 0.2) is 4.34 Å². The molecule has 0 aliphatic heterocycles. The molecule has 0 atom stereocenters. The smallest absolute Gasteiger partial charge is 0.313 e. The van der Waals surface area contributed by atoms with Crippen LogP contribution in [0.1, 0.15) is 19.8 Å². The molecule has 1 aromatic heterocycles. The Morgan fingerprint density at radius 3 is 3.07 bits per heavy atom. The van der Waals surface area contributed by atoms with Crippen LogP contribution in [-0.2, 0) is 4.79 Å². The second kappa shape index (κ2) is 6.62. The molecule has 0 saturated carbocycles. The van der Waals surface area contributed by atoms with Crippen LogP contribution < -0.4 is 5.32 Å². The second-order valence-electron chi connectivity index (χ2n) is 2.84. The van der Waals surface area contributed by atoms with Gasteiger partial charge in [-0.1, -0.05) is 36.4 Å². The first kappa shape index (κ1) is 12.3. The van der Waals surface area contributed by atoms with Crippen LogP contribution in [0.3, 0.4) is 0 Å². The molecule has 2 N–H and O–H groups in total. The van der Waals surface area contributed by atoms with E-state index in [1.807, 2.05) is 0 Å². The van der Waals surface area contributed by atoms with E-state index in [0.717, 1.165) is 24.5 Å². The normalized spacial score (nSPS) is 10.2. The number of carbonyl (C=O) groups is 1. The molecule has 0 aliphatic carbocycles. The van der Waals surface area contributed by atoms with Crippen LogP contribution in [0, 0.1) is 0 Å². The lowest BCUT2D eigenvalue weighted by atomic mass is 10.3. The standard InChI is InChI=1S/C8H13N3O2S2/c1-2-3-4-9-7-10-11-8(15-7)14-5-6(12)13/h2-5H2,1H3,(H,9,10)(H,12,13). The molecule has 7 heteroatoms. The van der Waals surface area contributed by atoms with Gasteiger partial charge in [0.2, 0.25) is 5.13 Å². The van der Waals surface area contributed by atoms with Gasteiger partial charge >= 0.3 is 5.97 Å². The number of unbranched alkanes of at least 4 members (excludes halogenated alkanes) is 1. The summed E-state index contributed by atoms with van der Waals surface area (Å²) in [4.78, 5) is 10.3. The van der Waals surface area contributed by atoms with E-state index < -0.39 is 5.97 Å². The van der Waals surface area contributed by atoms with Gasteiger partial charge in [-0.15, -0.1) is 10.2 Å². The maximum atomic E-state index is 10.3. The number of anilines is 1. The highest BCUT2D eigenvalue weighted by atomic mass is 32.2. The molecule has 0 fully saturated rings. The lowest BCUT2D eigenvalue weighted by molar-refractivity contribution is -0.133. The molecule has 0 radical (unpaired) electrons. The van der Waals surface area contributed by atoms with E-state index in [1.54, 1.807) is 0 Å². The zero-order chi connectivity index (χ0) is 11.1. The molecule has 1 aromatic rings. The predicted octanol–water partition coefficient (Wildman–Crippen LogP) is 1.93. The first-order valence-electron chi connectivity index (χ1n) is 4.64. The fourth-order valence-electron chi connectivity index (χ4n) is 0.835. The van der Waals surface area contributed by atoms with Crippen LogP contribution in [-0.4, -0.2) is 33.6 Å². The summed E-state index contributed by atoms with van der Waals surface area (Å²) in [6.45, 7) is 3.00. The molecular weight excluding hydrogens is 234 g/mol. The minimum atomic E-state index is -0.837. The molecule has 1 rings (SSSR count). The average Bonchev–Trinajstić information content (AvgIpc) is 2.63. The van der Waals surface area contributed by atoms with Gasteiger partial charge in [-0.2, -0.15) is 0 Å². The molecular formula is C8H13N3O2S2. The zero-order valence-corrected chi connectivity index (χ0v) is 10.0. The van der Waals surface area contributed by atoms with Crippen LogP contribution >= 0.6 is 23.1 Å². The van der Waals surface area contributed by atoms with Crippen molar-refractivity contribution >= 4 is 34.2 Å². The third-order valence-corrected chi connectivity index (χ3v) is 3.53. The van der Waals surface area contributed by atoms with Crippen molar-refractivity contribution in [2.45, 2.75) is 24.1 Å². The quantitative estimate of drug-likeness (QED) is 0.566. The Balaban J connectivity index is 2.32. The van der Waals surface area contributed by atoms with E-state index in [1.165, 1.54) is 23.1 Å². The van der Waals surface area contributed by atoms with Crippen LogP contribution in [0.5, 0.6) is 0 Å². The molecule has 1 heterocycles. The number of hydrogen-bond acceptors (Lipinski definition) is 6. The summed E-state index contributed by atoms with van der Waals surface area (Å²) < 4.78 is 0.691. The topological polar surface area (TPSA) is 75.1 Å². The highest BCUT2D eigenvalue weighted by Gasteiger charge is 2.06. The summed E-state index contributed by atoms with van der Waals surface area (Å²) in [6.07, 6.45) is 2.23. The van der Waals surface area contributed by atoms with Gasteiger partial charge in [0, 0.05) is 6.54 Å². The van der Waals surface area contributed by atoms with Gasteiger partial charge in [0.15, 0.2) is 4.34 Å². The summed E-state index contributed by atoms with van der Waals surface area (Å²) in [5, 5.41) is 20.2. The number of nitrogens with one attached hydrogen (secondary N) is 1. The third-order valence-electron chi connectivity index (χ3n) is 1.53. The fourth-order valence-corrected chi connectivity index (χ4v) is 2.33. The first-order chi connectivity index (χ1) is 7.22. The Bertz CT molecular complexity index is 317. The van der Waals surface area contributed by atoms with Crippen LogP contribution in [0.2, 0.25) is 0 Å². The SMILES string of the molecule is CCCCNc1nnc(SCC(=O)O)s1. The van der Waals surface area contributed by atoms with Crippen molar-refractivity contribution in [3.05, 3.63) is 0 Å². The van der Waals surface area contributed by atoms with E-state index in [0.29, 0.717) is 4.34 Å². The molecule has 15 heavy (non-hydrogen) atoms. The number of carboxylic acid groups (broad SMARTS) is 1. The Morgan fingerprint density at radius 2 is 2.40 bits per heavy atom. The summed E-state index contributed by atoms with van der Waals surface area (Å²) >= 11 is 2.59. The molecule has 0 aromatic carbocycles. The number of hydrogen-bond donors (Lipinski definition) is 2. The Labute approximate surface area is 96.3 Å². The maximum Gasteiger partial charge on any atom is 0.313 e. The van der Waals surface area contributed by atoms with E-state index >= 15 is 0 Å². The minimum Gasteiger partial charge on any atom is -0.481 e. The van der Waals surface area contributed by atoms with Crippen LogP contribution in [0.25, 0.3) is 0 Å². The highest BCUT2D eigenvalue weighted by Crippen LogP contribution is 2.25. The molecule has 5 nitrogen and oxygen atoms in total. The number of rotatable bonds is 7. The van der Waals surface area contributed by atoms with Crippen molar-refractivity contribution in [2.24, 2.45) is 0 Å². The van der Waals surface area contributed by atoms with Crippen molar-refractivity contribution in [3.63, 3.8) is 0 Å². The van der Waals surface area contributed by atoms with Crippen molar-refractivity contribution in [3.8, 4) is 0 Å². The largest absolute Gasteiger partial charge is 0.481 e. The Morgan fingerprint density at radius 1 is 1.60 bits per heavy atom.